The van der Waals surface area contributed by atoms with E-state index in [1.54, 1.807) is 0 Å². The molecule has 108 valence electrons. The predicted molar refractivity (Wildman–Crippen MR) is 78.9 cm³/mol. The summed E-state index contributed by atoms with van der Waals surface area (Å²) < 4.78 is 1.21. The summed E-state index contributed by atoms with van der Waals surface area (Å²) in [6, 6.07) is 1.54. The fourth-order valence-electron chi connectivity index (χ4n) is 2.17. The Morgan fingerprint density at radius 2 is 1.89 bits per heavy atom. The van der Waals surface area contributed by atoms with Crippen LogP contribution >= 0.6 is 0 Å². The number of nitrogens with zero attached hydrogens (tertiary/aromatic N) is 1. The van der Waals surface area contributed by atoms with Gasteiger partial charge in [-0.15, -0.1) is 0 Å². The number of aromatic nitrogens is 2. The van der Waals surface area contributed by atoms with Crippen LogP contribution in [0.1, 0.15) is 53.5 Å². The Hall–Kier alpha value is -1.52. The predicted octanol–water partition coefficient (Wildman–Crippen LogP) is 2.35. The van der Waals surface area contributed by atoms with Crippen molar-refractivity contribution in [2.75, 3.05) is 5.32 Å². The molecule has 1 rings (SSSR count). The van der Waals surface area contributed by atoms with Gasteiger partial charge in [-0.1, -0.05) is 20.3 Å². The topological polar surface area (TPSA) is 66.9 Å². The maximum absolute atomic E-state index is 11.9. The average molecular weight is 267 g/mol. The lowest BCUT2D eigenvalue weighted by atomic mass is 10.0. The highest BCUT2D eigenvalue weighted by Gasteiger charge is 2.10. The summed E-state index contributed by atoms with van der Waals surface area (Å²) in [5.74, 6) is 1.12. The molecule has 0 radical (unpaired) electrons. The molecule has 1 aromatic heterocycles. The third-order valence-electron chi connectivity index (χ3n) is 3.34. The highest BCUT2D eigenvalue weighted by Crippen LogP contribution is 2.12. The lowest BCUT2D eigenvalue weighted by molar-refractivity contribution is 0.482. The second-order valence-electron chi connectivity index (χ2n) is 5.58. The van der Waals surface area contributed by atoms with Crippen LogP contribution in [0.5, 0.6) is 0 Å². The van der Waals surface area contributed by atoms with Crippen molar-refractivity contribution in [2.45, 2.75) is 59.5 Å². The third kappa shape index (κ3) is 4.26. The van der Waals surface area contributed by atoms with Crippen molar-refractivity contribution >= 4 is 5.82 Å². The maximum atomic E-state index is 11.9. The SMILES string of the molecule is CCC(C)CC(C)Nc1cc(=O)n(C(C)C)c(=O)[nH]1. The van der Waals surface area contributed by atoms with Crippen LogP contribution in [0.25, 0.3) is 0 Å². The Balaban J connectivity index is 2.87. The van der Waals surface area contributed by atoms with Crippen LogP contribution in [0.3, 0.4) is 0 Å². The Labute approximate surface area is 114 Å². The lowest BCUT2D eigenvalue weighted by Crippen LogP contribution is -2.37. The Morgan fingerprint density at radius 1 is 1.26 bits per heavy atom. The number of anilines is 1. The van der Waals surface area contributed by atoms with Crippen molar-refractivity contribution in [3.05, 3.63) is 26.9 Å². The number of nitrogens with one attached hydrogen (secondary N) is 2. The van der Waals surface area contributed by atoms with Crippen LogP contribution in [-0.4, -0.2) is 15.6 Å². The summed E-state index contributed by atoms with van der Waals surface area (Å²) in [4.78, 5) is 26.4. The summed E-state index contributed by atoms with van der Waals surface area (Å²) in [6.07, 6.45) is 2.13. The fourth-order valence-corrected chi connectivity index (χ4v) is 2.17. The molecule has 0 aromatic carbocycles. The van der Waals surface area contributed by atoms with E-state index in [0.717, 1.165) is 12.8 Å². The summed E-state index contributed by atoms with van der Waals surface area (Å²) in [5, 5.41) is 3.19. The fraction of sp³-hybridized carbons (Fsp3) is 0.714. The van der Waals surface area contributed by atoms with Gasteiger partial charge < -0.3 is 5.32 Å². The molecule has 0 amide bonds. The van der Waals surface area contributed by atoms with Gasteiger partial charge in [-0.3, -0.25) is 14.3 Å². The molecule has 1 heterocycles. The highest BCUT2D eigenvalue weighted by molar-refractivity contribution is 5.33. The minimum absolute atomic E-state index is 0.136. The first-order valence-electron chi connectivity index (χ1n) is 6.97. The van der Waals surface area contributed by atoms with E-state index in [1.807, 2.05) is 13.8 Å². The lowest BCUT2D eigenvalue weighted by Gasteiger charge is -2.18. The number of aromatic amines is 1. The molecule has 19 heavy (non-hydrogen) atoms. The van der Waals surface area contributed by atoms with Crippen LogP contribution in [-0.2, 0) is 0 Å². The van der Waals surface area contributed by atoms with Crippen molar-refractivity contribution in [3.8, 4) is 0 Å². The summed E-state index contributed by atoms with van der Waals surface area (Å²) in [7, 11) is 0. The quantitative estimate of drug-likeness (QED) is 0.831. The van der Waals surface area contributed by atoms with Gasteiger partial charge in [0.25, 0.3) is 5.56 Å². The van der Waals surface area contributed by atoms with E-state index in [0.29, 0.717) is 11.7 Å². The molecule has 2 unspecified atom stereocenters. The van der Waals surface area contributed by atoms with Gasteiger partial charge in [0.2, 0.25) is 0 Å². The van der Waals surface area contributed by atoms with Gasteiger partial charge >= 0.3 is 5.69 Å². The van der Waals surface area contributed by atoms with E-state index in [4.69, 9.17) is 0 Å². The van der Waals surface area contributed by atoms with Gasteiger partial charge in [0.15, 0.2) is 0 Å². The zero-order valence-corrected chi connectivity index (χ0v) is 12.5. The third-order valence-corrected chi connectivity index (χ3v) is 3.34. The molecule has 5 nitrogen and oxygen atoms in total. The molecule has 0 spiro atoms. The standard InChI is InChI=1S/C14H25N3O2/c1-6-10(4)7-11(5)15-12-8-13(18)17(9(2)3)14(19)16-12/h8-11,15H,6-7H2,1-5H3,(H,16,19). The molecule has 0 aliphatic rings. The van der Waals surface area contributed by atoms with Gasteiger partial charge in [-0.05, 0) is 33.1 Å². The normalized spacial score (nSPS) is 14.4. The Kier molecular flexibility index (Phi) is 5.39. The van der Waals surface area contributed by atoms with E-state index in [1.165, 1.54) is 10.6 Å². The molecule has 0 aliphatic heterocycles. The summed E-state index contributed by atoms with van der Waals surface area (Å²) >= 11 is 0. The highest BCUT2D eigenvalue weighted by atomic mass is 16.2. The summed E-state index contributed by atoms with van der Waals surface area (Å²) in [5.41, 5.74) is -0.627. The first-order valence-corrected chi connectivity index (χ1v) is 6.97. The van der Waals surface area contributed by atoms with E-state index in [2.05, 4.69) is 31.1 Å². The molecular formula is C14H25N3O2. The smallest absolute Gasteiger partial charge is 0.330 e. The Morgan fingerprint density at radius 3 is 2.37 bits per heavy atom. The van der Waals surface area contributed by atoms with Crippen LogP contribution in [0.15, 0.2) is 15.7 Å². The zero-order chi connectivity index (χ0) is 14.6. The monoisotopic (exact) mass is 267 g/mol. The molecule has 1 aromatic rings. The molecule has 0 saturated carbocycles. The maximum Gasteiger partial charge on any atom is 0.330 e. The van der Waals surface area contributed by atoms with Gasteiger partial charge in [0, 0.05) is 18.2 Å². The van der Waals surface area contributed by atoms with Crippen LogP contribution in [0, 0.1) is 5.92 Å². The van der Waals surface area contributed by atoms with Crippen molar-refractivity contribution < 1.29 is 0 Å². The summed E-state index contributed by atoms with van der Waals surface area (Å²) in [6.45, 7) is 10.0. The molecule has 0 saturated heterocycles. The number of rotatable bonds is 6. The average Bonchev–Trinajstić information content (AvgIpc) is 2.26. The van der Waals surface area contributed by atoms with Gasteiger partial charge in [-0.25, -0.2) is 4.79 Å². The molecule has 0 bridgehead atoms. The Bertz CT molecular complexity index is 485. The van der Waals surface area contributed by atoms with E-state index >= 15 is 0 Å². The van der Waals surface area contributed by atoms with E-state index < -0.39 is 0 Å². The second kappa shape index (κ2) is 6.59. The number of hydrogen-bond donors (Lipinski definition) is 2. The minimum Gasteiger partial charge on any atom is -0.369 e. The molecule has 5 heteroatoms. The van der Waals surface area contributed by atoms with Crippen molar-refractivity contribution in [1.82, 2.24) is 9.55 Å². The van der Waals surface area contributed by atoms with Crippen LogP contribution < -0.4 is 16.6 Å². The molecule has 0 aliphatic carbocycles. The minimum atomic E-state index is -0.360. The first-order chi connectivity index (χ1) is 8.85. The van der Waals surface area contributed by atoms with Crippen LogP contribution in [0.2, 0.25) is 0 Å². The first kappa shape index (κ1) is 15.5. The van der Waals surface area contributed by atoms with Crippen molar-refractivity contribution in [2.24, 2.45) is 5.92 Å². The molecular weight excluding hydrogens is 242 g/mol. The van der Waals surface area contributed by atoms with Gasteiger partial charge in [0.1, 0.15) is 5.82 Å². The molecule has 2 atom stereocenters. The number of H-pyrrole nitrogens is 1. The van der Waals surface area contributed by atoms with Crippen molar-refractivity contribution in [1.29, 1.82) is 0 Å². The number of hydrogen-bond acceptors (Lipinski definition) is 3. The van der Waals surface area contributed by atoms with E-state index in [-0.39, 0.29) is 23.3 Å². The van der Waals surface area contributed by atoms with Crippen molar-refractivity contribution in [3.63, 3.8) is 0 Å². The van der Waals surface area contributed by atoms with Gasteiger partial charge in [-0.2, -0.15) is 0 Å². The van der Waals surface area contributed by atoms with E-state index in [9.17, 15) is 9.59 Å². The van der Waals surface area contributed by atoms with Gasteiger partial charge in [0.05, 0.1) is 0 Å². The second-order valence-corrected chi connectivity index (χ2v) is 5.58. The molecule has 2 N–H and O–H groups in total. The molecule has 0 fully saturated rings. The zero-order valence-electron chi connectivity index (χ0n) is 12.5. The van der Waals surface area contributed by atoms with Crippen LogP contribution in [0.4, 0.5) is 5.82 Å². The largest absolute Gasteiger partial charge is 0.369 e.